The Morgan fingerprint density at radius 2 is 1.82 bits per heavy atom. The molecule has 1 heterocycles. The summed E-state index contributed by atoms with van der Waals surface area (Å²) in [5.41, 5.74) is 1.39. The number of hydrogen-bond acceptors (Lipinski definition) is 4. The molecule has 1 aliphatic carbocycles. The van der Waals surface area contributed by atoms with E-state index in [-0.39, 0.29) is 11.9 Å². The summed E-state index contributed by atoms with van der Waals surface area (Å²) in [5.74, 6) is 1.46. The van der Waals surface area contributed by atoms with Crippen LogP contribution < -0.4 is 14.8 Å². The molecule has 4 rings (SSSR count). The average Bonchev–Trinajstić information content (AvgIpc) is 3.01. The highest BCUT2D eigenvalue weighted by molar-refractivity contribution is 7.80. The normalized spacial score (nSPS) is 19.4. The van der Waals surface area contributed by atoms with Crippen molar-refractivity contribution < 1.29 is 14.3 Å². The second kappa shape index (κ2) is 7.80. The minimum absolute atomic E-state index is 0.0456. The lowest BCUT2D eigenvalue weighted by molar-refractivity contribution is -0.124. The van der Waals surface area contributed by atoms with Crippen molar-refractivity contribution in [1.29, 1.82) is 0 Å². The molecule has 0 spiro atoms. The summed E-state index contributed by atoms with van der Waals surface area (Å²) >= 11 is 5.48. The minimum Gasteiger partial charge on any atom is -0.496 e. The molecule has 2 fully saturated rings. The molecule has 1 amide bonds. The number of carbonyl (C=O) groups excluding carboxylic acids is 1. The zero-order valence-electron chi connectivity index (χ0n) is 16.2. The van der Waals surface area contributed by atoms with Crippen LogP contribution in [0.1, 0.15) is 37.7 Å². The topological polar surface area (TPSA) is 50.8 Å². The molecule has 2 aromatic rings. The Morgan fingerprint density at radius 3 is 2.54 bits per heavy atom. The second-order valence-corrected chi connectivity index (χ2v) is 7.58. The number of thiocarbonyl (C=S) groups is 1. The molecule has 0 atom stereocenters. The third-order valence-electron chi connectivity index (χ3n) is 5.58. The predicted octanol–water partition coefficient (Wildman–Crippen LogP) is 4.25. The van der Waals surface area contributed by atoms with Crippen molar-refractivity contribution in [2.75, 3.05) is 14.2 Å². The highest BCUT2D eigenvalue weighted by Crippen LogP contribution is 2.36. The first-order valence-corrected chi connectivity index (χ1v) is 10.0. The van der Waals surface area contributed by atoms with E-state index in [4.69, 9.17) is 21.7 Å². The van der Waals surface area contributed by atoms with Crippen LogP contribution in [0.15, 0.2) is 36.0 Å². The molecule has 1 saturated carbocycles. The summed E-state index contributed by atoms with van der Waals surface area (Å²) in [4.78, 5) is 14.9. The van der Waals surface area contributed by atoms with Crippen LogP contribution >= 0.6 is 12.2 Å². The van der Waals surface area contributed by atoms with Crippen molar-refractivity contribution in [2.24, 2.45) is 0 Å². The molecule has 1 N–H and O–H groups in total. The summed E-state index contributed by atoms with van der Waals surface area (Å²) in [6.45, 7) is 0. The number of amides is 1. The van der Waals surface area contributed by atoms with Gasteiger partial charge < -0.3 is 14.8 Å². The number of hydrogen-bond donors (Lipinski definition) is 1. The van der Waals surface area contributed by atoms with Gasteiger partial charge in [0.05, 0.1) is 14.2 Å². The Kier molecular flexibility index (Phi) is 5.22. The highest BCUT2D eigenvalue weighted by Gasteiger charge is 2.36. The minimum atomic E-state index is -0.0456. The van der Waals surface area contributed by atoms with Crippen molar-refractivity contribution in [1.82, 2.24) is 10.2 Å². The maximum absolute atomic E-state index is 13.1. The lowest BCUT2D eigenvalue weighted by Gasteiger charge is -2.29. The molecule has 0 aromatic heterocycles. The lowest BCUT2D eigenvalue weighted by atomic mass is 9.94. The van der Waals surface area contributed by atoms with Gasteiger partial charge in [0.15, 0.2) is 5.11 Å². The SMILES string of the molecule is COc1ccc(/C=C2\NC(=S)N(C3CCCCC3)C2=O)c2c(OC)cccc12. The summed E-state index contributed by atoms with van der Waals surface area (Å²) in [5, 5.41) is 5.48. The zero-order valence-corrected chi connectivity index (χ0v) is 17.0. The first-order valence-electron chi connectivity index (χ1n) is 9.64. The fourth-order valence-electron chi connectivity index (χ4n) is 4.22. The second-order valence-electron chi connectivity index (χ2n) is 7.20. The number of fused-ring (bicyclic) bond motifs is 1. The first kappa shape index (κ1) is 18.7. The molecule has 0 radical (unpaired) electrons. The maximum atomic E-state index is 13.1. The van der Waals surface area contributed by atoms with Gasteiger partial charge in [0.1, 0.15) is 17.2 Å². The van der Waals surface area contributed by atoms with Gasteiger partial charge in [-0.1, -0.05) is 37.5 Å². The Balaban J connectivity index is 1.76. The van der Waals surface area contributed by atoms with E-state index >= 15 is 0 Å². The number of carbonyl (C=O) groups is 1. The van der Waals surface area contributed by atoms with Crippen LogP contribution in [0.3, 0.4) is 0 Å². The van der Waals surface area contributed by atoms with Gasteiger partial charge in [-0.3, -0.25) is 9.69 Å². The van der Waals surface area contributed by atoms with Crippen molar-refractivity contribution in [3.63, 3.8) is 0 Å². The lowest BCUT2D eigenvalue weighted by Crippen LogP contribution is -2.41. The van der Waals surface area contributed by atoms with Crippen molar-refractivity contribution in [2.45, 2.75) is 38.1 Å². The van der Waals surface area contributed by atoms with Gasteiger partial charge in [-0.05, 0) is 48.8 Å². The van der Waals surface area contributed by atoms with Gasteiger partial charge in [0, 0.05) is 16.8 Å². The summed E-state index contributed by atoms with van der Waals surface area (Å²) < 4.78 is 11.1. The Bertz CT molecular complexity index is 964. The van der Waals surface area contributed by atoms with Crippen LogP contribution in [0.2, 0.25) is 0 Å². The van der Waals surface area contributed by atoms with E-state index in [1.165, 1.54) is 6.42 Å². The number of ether oxygens (including phenoxy) is 2. The molecular weight excluding hydrogens is 372 g/mol. The Labute approximate surface area is 170 Å². The van der Waals surface area contributed by atoms with Crippen molar-refractivity contribution in [3.05, 3.63) is 41.6 Å². The first-order chi connectivity index (χ1) is 13.6. The van der Waals surface area contributed by atoms with Gasteiger partial charge in [-0.25, -0.2) is 0 Å². The van der Waals surface area contributed by atoms with Crippen LogP contribution in [0.4, 0.5) is 0 Å². The quantitative estimate of drug-likeness (QED) is 0.619. The molecule has 0 unspecified atom stereocenters. The molecule has 146 valence electrons. The fourth-order valence-corrected chi connectivity index (χ4v) is 4.56. The number of methoxy groups -OCH3 is 2. The molecule has 2 aromatic carbocycles. The van der Waals surface area contributed by atoms with E-state index in [0.717, 1.165) is 53.5 Å². The molecule has 1 aliphatic heterocycles. The molecule has 1 saturated heterocycles. The molecule has 28 heavy (non-hydrogen) atoms. The molecule has 2 aliphatic rings. The van der Waals surface area contributed by atoms with Crippen molar-refractivity contribution >= 4 is 40.1 Å². The summed E-state index contributed by atoms with van der Waals surface area (Å²) in [7, 11) is 3.29. The third kappa shape index (κ3) is 3.22. The largest absolute Gasteiger partial charge is 0.496 e. The Hall–Kier alpha value is -2.60. The number of rotatable bonds is 4. The van der Waals surface area contributed by atoms with Gasteiger partial charge in [-0.2, -0.15) is 0 Å². The van der Waals surface area contributed by atoms with E-state index in [0.29, 0.717) is 10.8 Å². The molecule has 6 heteroatoms. The molecule has 0 bridgehead atoms. The average molecular weight is 397 g/mol. The summed E-state index contributed by atoms with van der Waals surface area (Å²) in [6, 6.07) is 9.88. The predicted molar refractivity (Wildman–Crippen MR) is 114 cm³/mol. The fraction of sp³-hybridized carbons (Fsp3) is 0.364. The van der Waals surface area contributed by atoms with Crippen LogP contribution in [-0.2, 0) is 4.79 Å². The van der Waals surface area contributed by atoms with Crippen LogP contribution in [0.25, 0.3) is 16.8 Å². The van der Waals surface area contributed by atoms with E-state index in [1.54, 1.807) is 19.1 Å². The smallest absolute Gasteiger partial charge is 0.276 e. The van der Waals surface area contributed by atoms with Crippen LogP contribution in [0, 0.1) is 0 Å². The van der Waals surface area contributed by atoms with E-state index < -0.39 is 0 Å². The third-order valence-corrected chi connectivity index (χ3v) is 5.88. The van der Waals surface area contributed by atoms with E-state index in [2.05, 4.69) is 5.32 Å². The molecular formula is C22H24N2O3S. The van der Waals surface area contributed by atoms with Crippen LogP contribution in [-0.4, -0.2) is 36.2 Å². The van der Waals surface area contributed by atoms with Gasteiger partial charge >= 0.3 is 0 Å². The number of nitrogens with zero attached hydrogens (tertiary/aromatic N) is 1. The van der Waals surface area contributed by atoms with Crippen molar-refractivity contribution in [3.8, 4) is 11.5 Å². The Morgan fingerprint density at radius 1 is 1.07 bits per heavy atom. The number of benzene rings is 2. The van der Waals surface area contributed by atoms with Gasteiger partial charge in [0.25, 0.3) is 5.91 Å². The summed E-state index contributed by atoms with van der Waals surface area (Å²) in [6.07, 6.45) is 7.42. The van der Waals surface area contributed by atoms with Crippen LogP contribution in [0.5, 0.6) is 11.5 Å². The monoisotopic (exact) mass is 396 g/mol. The standard InChI is InChI=1S/C22H24N2O3S/c1-26-18-12-11-14(20-16(18)9-6-10-19(20)27-2)13-17-21(25)24(22(28)23-17)15-7-4-3-5-8-15/h6,9-13,15H,3-5,7-8H2,1-2H3,(H,23,28)/b17-13-. The number of nitrogens with one attached hydrogen (secondary N) is 1. The molecule has 5 nitrogen and oxygen atoms in total. The van der Waals surface area contributed by atoms with E-state index in [9.17, 15) is 4.79 Å². The van der Waals surface area contributed by atoms with Gasteiger partial charge in [-0.15, -0.1) is 0 Å². The highest BCUT2D eigenvalue weighted by atomic mass is 32.1. The maximum Gasteiger partial charge on any atom is 0.276 e. The van der Waals surface area contributed by atoms with E-state index in [1.807, 2.05) is 36.4 Å². The van der Waals surface area contributed by atoms with Gasteiger partial charge in [0.2, 0.25) is 0 Å². The zero-order chi connectivity index (χ0) is 19.7.